The van der Waals surface area contributed by atoms with Crippen LogP contribution < -0.4 is 5.32 Å². The number of hydrogen-bond donors (Lipinski definition) is 1. The van der Waals surface area contributed by atoms with Crippen LogP contribution in [0.5, 0.6) is 0 Å². The summed E-state index contributed by atoms with van der Waals surface area (Å²) >= 11 is 3.19. The highest BCUT2D eigenvalue weighted by atomic mass is 79.9. The van der Waals surface area contributed by atoms with E-state index in [1.165, 1.54) is 19.0 Å². The number of halogens is 1. The van der Waals surface area contributed by atoms with E-state index in [9.17, 15) is 10.1 Å². The fraction of sp³-hybridized carbons (Fsp3) is 0.444. The molecule has 0 spiro atoms. The maximum atomic E-state index is 10.7. The number of nitrogens with zero attached hydrogens (tertiary/aromatic N) is 2. The van der Waals surface area contributed by atoms with Crippen molar-refractivity contribution in [2.24, 2.45) is 5.92 Å². The summed E-state index contributed by atoms with van der Waals surface area (Å²) in [6, 6.07) is 1.64. The molecular weight excluding hydrogens is 262 g/mol. The van der Waals surface area contributed by atoms with Gasteiger partial charge in [0.25, 0.3) is 0 Å². The molecule has 5 nitrogen and oxygen atoms in total. The first-order valence-corrected chi connectivity index (χ1v) is 5.50. The van der Waals surface area contributed by atoms with Crippen molar-refractivity contribution in [3.63, 3.8) is 0 Å². The normalized spacial score (nSPS) is 15.0. The molecule has 1 N–H and O–H groups in total. The summed E-state index contributed by atoms with van der Waals surface area (Å²) in [5, 5.41) is 13.8. The lowest BCUT2D eigenvalue weighted by Crippen LogP contribution is -2.06. The van der Waals surface area contributed by atoms with Crippen LogP contribution in [0.1, 0.15) is 12.8 Å². The van der Waals surface area contributed by atoms with Gasteiger partial charge in [-0.3, -0.25) is 10.1 Å². The Morgan fingerprint density at radius 1 is 1.67 bits per heavy atom. The van der Waals surface area contributed by atoms with E-state index in [1.807, 2.05) is 0 Å². The van der Waals surface area contributed by atoms with Gasteiger partial charge >= 0.3 is 5.69 Å². The Labute approximate surface area is 95.2 Å². The van der Waals surface area contributed by atoms with Crippen LogP contribution in [0, 0.1) is 16.0 Å². The molecule has 1 heterocycles. The summed E-state index contributed by atoms with van der Waals surface area (Å²) in [5.74, 6) is 0.677. The van der Waals surface area contributed by atoms with Crippen LogP contribution in [0.25, 0.3) is 0 Å². The van der Waals surface area contributed by atoms with Crippen molar-refractivity contribution in [2.45, 2.75) is 12.8 Å². The molecule has 0 aromatic carbocycles. The van der Waals surface area contributed by atoms with E-state index < -0.39 is 4.92 Å². The van der Waals surface area contributed by atoms with Crippen LogP contribution in [-0.4, -0.2) is 16.5 Å². The molecule has 1 fully saturated rings. The quantitative estimate of drug-likeness (QED) is 0.519. The average Bonchev–Trinajstić information content (AvgIpc) is 2.97. The zero-order chi connectivity index (χ0) is 10.8. The van der Waals surface area contributed by atoms with Gasteiger partial charge in [-0.2, -0.15) is 0 Å². The lowest BCUT2D eigenvalue weighted by molar-refractivity contribution is -0.384. The number of nitro groups is 1. The van der Waals surface area contributed by atoms with E-state index in [0.29, 0.717) is 16.2 Å². The molecule has 1 aliphatic carbocycles. The molecule has 2 rings (SSSR count). The third-order valence-corrected chi connectivity index (χ3v) is 2.76. The van der Waals surface area contributed by atoms with Gasteiger partial charge in [-0.25, -0.2) is 4.98 Å². The number of anilines is 1. The van der Waals surface area contributed by atoms with Gasteiger partial charge < -0.3 is 5.32 Å². The Morgan fingerprint density at radius 3 is 3.00 bits per heavy atom. The zero-order valence-corrected chi connectivity index (χ0v) is 9.53. The smallest absolute Gasteiger partial charge is 0.310 e. The van der Waals surface area contributed by atoms with E-state index in [4.69, 9.17) is 0 Å². The molecule has 1 saturated carbocycles. The molecule has 80 valence electrons. The SMILES string of the molecule is O=[N+]([O-])c1cnc(Br)cc1NCC1CC1. The Balaban J connectivity index is 2.16. The number of hydrogen-bond acceptors (Lipinski definition) is 4. The molecule has 0 saturated heterocycles. The number of rotatable bonds is 4. The van der Waals surface area contributed by atoms with Crippen LogP contribution in [-0.2, 0) is 0 Å². The second kappa shape index (κ2) is 4.14. The minimum Gasteiger partial charge on any atom is -0.379 e. The summed E-state index contributed by atoms with van der Waals surface area (Å²) in [5.41, 5.74) is 0.563. The van der Waals surface area contributed by atoms with Crippen molar-refractivity contribution in [3.8, 4) is 0 Å². The molecule has 0 aliphatic heterocycles. The van der Waals surface area contributed by atoms with Crippen molar-refractivity contribution in [1.82, 2.24) is 4.98 Å². The monoisotopic (exact) mass is 271 g/mol. The lowest BCUT2D eigenvalue weighted by atomic mass is 10.3. The molecule has 0 radical (unpaired) electrons. The third kappa shape index (κ3) is 2.65. The number of nitrogens with one attached hydrogen (secondary N) is 1. The Kier molecular flexibility index (Phi) is 2.86. The van der Waals surface area contributed by atoms with Crippen LogP contribution in [0.2, 0.25) is 0 Å². The molecule has 1 aromatic rings. The first kappa shape index (κ1) is 10.4. The highest BCUT2D eigenvalue weighted by molar-refractivity contribution is 9.10. The van der Waals surface area contributed by atoms with Gasteiger partial charge in [0.05, 0.1) is 4.92 Å². The van der Waals surface area contributed by atoms with Crippen LogP contribution in [0.3, 0.4) is 0 Å². The fourth-order valence-electron chi connectivity index (χ4n) is 1.29. The zero-order valence-electron chi connectivity index (χ0n) is 7.94. The van der Waals surface area contributed by atoms with Crippen molar-refractivity contribution in [3.05, 3.63) is 27.0 Å². The summed E-state index contributed by atoms with van der Waals surface area (Å²) in [6.07, 6.45) is 3.69. The molecule has 6 heteroatoms. The summed E-state index contributed by atoms with van der Waals surface area (Å²) in [6.45, 7) is 0.803. The molecule has 1 aliphatic rings. The topological polar surface area (TPSA) is 68.1 Å². The van der Waals surface area contributed by atoms with Gasteiger partial charge in [0.15, 0.2) is 0 Å². The molecule has 0 unspecified atom stereocenters. The van der Waals surface area contributed by atoms with Gasteiger partial charge in [-0.05, 0) is 34.7 Å². The molecule has 0 atom stereocenters. The summed E-state index contributed by atoms with van der Waals surface area (Å²) in [7, 11) is 0. The van der Waals surface area contributed by atoms with Crippen LogP contribution in [0.15, 0.2) is 16.9 Å². The molecule has 0 bridgehead atoms. The maximum Gasteiger partial charge on any atom is 0.310 e. The van der Waals surface area contributed by atoms with E-state index >= 15 is 0 Å². The van der Waals surface area contributed by atoms with Crippen molar-refractivity contribution in [2.75, 3.05) is 11.9 Å². The molecule has 1 aromatic heterocycles. The summed E-state index contributed by atoms with van der Waals surface area (Å²) < 4.78 is 0.603. The third-order valence-electron chi connectivity index (χ3n) is 2.32. The van der Waals surface area contributed by atoms with Gasteiger partial charge in [0.2, 0.25) is 0 Å². The van der Waals surface area contributed by atoms with Crippen molar-refractivity contribution < 1.29 is 4.92 Å². The molecular formula is C9H10BrN3O2. The van der Waals surface area contributed by atoms with Gasteiger partial charge in [0, 0.05) is 12.6 Å². The predicted octanol–water partition coefficient (Wildman–Crippen LogP) is 2.57. The van der Waals surface area contributed by atoms with Crippen LogP contribution in [0.4, 0.5) is 11.4 Å². The standard InChI is InChI=1S/C9H10BrN3O2/c10-9-3-7(11-4-6-1-2-6)8(5-12-9)13(14)15/h3,5-6H,1-2,4H2,(H,11,12). The van der Waals surface area contributed by atoms with E-state index in [0.717, 1.165) is 6.54 Å². The molecule has 0 amide bonds. The highest BCUT2D eigenvalue weighted by Crippen LogP contribution is 2.31. The van der Waals surface area contributed by atoms with Gasteiger partial charge in [0.1, 0.15) is 16.5 Å². The average molecular weight is 272 g/mol. The largest absolute Gasteiger partial charge is 0.379 e. The van der Waals surface area contributed by atoms with Crippen molar-refractivity contribution in [1.29, 1.82) is 0 Å². The number of pyridine rings is 1. The Morgan fingerprint density at radius 2 is 2.40 bits per heavy atom. The minimum absolute atomic E-state index is 0.0267. The van der Waals surface area contributed by atoms with E-state index in [-0.39, 0.29) is 5.69 Å². The predicted molar refractivity (Wildman–Crippen MR) is 59.8 cm³/mol. The minimum atomic E-state index is -0.422. The van der Waals surface area contributed by atoms with Gasteiger partial charge in [-0.15, -0.1) is 0 Å². The Hall–Kier alpha value is -1.17. The second-order valence-corrected chi connectivity index (χ2v) is 4.42. The Bertz CT molecular complexity index is 393. The summed E-state index contributed by atoms with van der Waals surface area (Å²) in [4.78, 5) is 14.1. The first-order chi connectivity index (χ1) is 7.16. The van der Waals surface area contributed by atoms with Crippen LogP contribution >= 0.6 is 15.9 Å². The van der Waals surface area contributed by atoms with E-state index in [1.54, 1.807) is 6.07 Å². The maximum absolute atomic E-state index is 10.7. The number of aromatic nitrogens is 1. The highest BCUT2D eigenvalue weighted by Gasteiger charge is 2.22. The van der Waals surface area contributed by atoms with E-state index in [2.05, 4.69) is 26.2 Å². The first-order valence-electron chi connectivity index (χ1n) is 4.70. The molecule has 15 heavy (non-hydrogen) atoms. The lowest BCUT2D eigenvalue weighted by Gasteiger charge is -2.05. The fourth-order valence-corrected chi connectivity index (χ4v) is 1.62. The van der Waals surface area contributed by atoms with Crippen molar-refractivity contribution >= 4 is 27.3 Å². The van der Waals surface area contributed by atoms with Gasteiger partial charge in [-0.1, -0.05) is 0 Å². The second-order valence-electron chi connectivity index (χ2n) is 3.61.